The first-order valence-corrected chi connectivity index (χ1v) is 6.03. The minimum atomic E-state index is 0.0976. The van der Waals surface area contributed by atoms with Crippen molar-refractivity contribution >= 4 is 5.78 Å². The molecule has 0 saturated carbocycles. The second kappa shape index (κ2) is 7.85. The highest BCUT2D eigenvalue weighted by atomic mass is 16.5. The van der Waals surface area contributed by atoms with Crippen molar-refractivity contribution in [3.63, 3.8) is 0 Å². The van der Waals surface area contributed by atoms with Gasteiger partial charge in [0.05, 0.1) is 13.7 Å². The number of ketones is 1. The molecule has 0 fully saturated rings. The summed E-state index contributed by atoms with van der Waals surface area (Å²) in [7, 11) is 1.59. The van der Waals surface area contributed by atoms with Crippen LogP contribution in [0.15, 0.2) is 24.3 Å². The van der Waals surface area contributed by atoms with E-state index in [9.17, 15) is 4.79 Å². The zero-order valence-corrected chi connectivity index (χ0v) is 10.6. The maximum absolute atomic E-state index is 11.8. The highest BCUT2D eigenvalue weighted by Gasteiger charge is 2.06. The molecule has 0 bridgehead atoms. The standard InChI is InChI=1S/C14H20O3/c1-3-4-9-17-10-8-14(15)12-6-5-7-13(11-12)16-2/h5-7,11H,3-4,8-10H2,1-2H3. The van der Waals surface area contributed by atoms with Crippen LogP contribution in [0, 0.1) is 0 Å². The number of hydrogen-bond donors (Lipinski definition) is 0. The molecule has 0 heterocycles. The minimum absolute atomic E-state index is 0.0976. The van der Waals surface area contributed by atoms with E-state index in [4.69, 9.17) is 9.47 Å². The van der Waals surface area contributed by atoms with Gasteiger partial charge in [-0.15, -0.1) is 0 Å². The van der Waals surface area contributed by atoms with Crippen molar-refractivity contribution in [2.75, 3.05) is 20.3 Å². The summed E-state index contributed by atoms with van der Waals surface area (Å²) in [6.07, 6.45) is 2.59. The van der Waals surface area contributed by atoms with Crippen molar-refractivity contribution < 1.29 is 14.3 Å². The Morgan fingerprint density at radius 3 is 2.82 bits per heavy atom. The van der Waals surface area contributed by atoms with Gasteiger partial charge in [-0.2, -0.15) is 0 Å². The van der Waals surface area contributed by atoms with Gasteiger partial charge in [0.1, 0.15) is 5.75 Å². The summed E-state index contributed by atoms with van der Waals surface area (Å²) in [5.41, 5.74) is 0.684. The van der Waals surface area contributed by atoms with Crippen molar-refractivity contribution in [1.29, 1.82) is 0 Å². The summed E-state index contributed by atoms with van der Waals surface area (Å²) < 4.78 is 10.4. The molecule has 3 heteroatoms. The molecule has 0 saturated heterocycles. The fraction of sp³-hybridized carbons (Fsp3) is 0.500. The molecule has 0 radical (unpaired) electrons. The van der Waals surface area contributed by atoms with E-state index in [-0.39, 0.29) is 5.78 Å². The predicted octanol–water partition coefficient (Wildman–Crippen LogP) is 3.08. The van der Waals surface area contributed by atoms with Crippen molar-refractivity contribution in [2.24, 2.45) is 0 Å². The first kappa shape index (κ1) is 13.7. The summed E-state index contributed by atoms with van der Waals surface area (Å²) in [5, 5.41) is 0. The van der Waals surface area contributed by atoms with E-state index in [0.717, 1.165) is 19.4 Å². The molecule has 0 atom stereocenters. The zero-order valence-electron chi connectivity index (χ0n) is 10.6. The Balaban J connectivity index is 2.36. The van der Waals surface area contributed by atoms with Gasteiger partial charge in [0.15, 0.2) is 5.78 Å². The highest BCUT2D eigenvalue weighted by molar-refractivity contribution is 5.96. The lowest BCUT2D eigenvalue weighted by Gasteiger charge is -2.05. The average Bonchev–Trinajstić information content (AvgIpc) is 2.38. The fourth-order valence-corrected chi connectivity index (χ4v) is 1.45. The molecule has 0 aliphatic carbocycles. The Bertz CT molecular complexity index is 347. The van der Waals surface area contributed by atoms with Crippen LogP contribution in [-0.2, 0) is 4.74 Å². The van der Waals surface area contributed by atoms with Crippen molar-refractivity contribution in [2.45, 2.75) is 26.2 Å². The Morgan fingerprint density at radius 2 is 2.12 bits per heavy atom. The third-order valence-electron chi connectivity index (χ3n) is 2.51. The fourth-order valence-electron chi connectivity index (χ4n) is 1.45. The molecular formula is C14H20O3. The van der Waals surface area contributed by atoms with Crippen molar-refractivity contribution in [1.82, 2.24) is 0 Å². The second-order valence-electron chi connectivity index (χ2n) is 3.87. The minimum Gasteiger partial charge on any atom is -0.497 e. The molecular weight excluding hydrogens is 216 g/mol. The second-order valence-corrected chi connectivity index (χ2v) is 3.87. The van der Waals surface area contributed by atoms with E-state index < -0.39 is 0 Å². The molecule has 17 heavy (non-hydrogen) atoms. The summed E-state index contributed by atoms with van der Waals surface area (Å²) in [6.45, 7) is 3.35. The number of hydrogen-bond acceptors (Lipinski definition) is 3. The van der Waals surface area contributed by atoms with Crippen LogP contribution in [0.2, 0.25) is 0 Å². The van der Waals surface area contributed by atoms with E-state index in [1.54, 1.807) is 19.2 Å². The van der Waals surface area contributed by atoms with E-state index >= 15 is 0 Å². The maximum atomic E-state index is 11.8. The summed E-state index contributed by atoms with van der Waals surface area (Å²) in [5.74, 6) is 0.808. The van der Waals surface area contributed by atoms with Crippen LogP contribution in [0.1, 0.15) is 36.5 Å². The molecule has 0 N–H and O–H groups in total. The lowest BCUT2D eigenvalue weighted by molar-refractivity contribution is 0.0873. The Morgan fingerprint density at radius 1 is 1.29 bits per heavy atom. The third kappa shape index (κ3) is 5.00. The molecule has 0 amide bonds. The Kier molecular flexibility index (Phi) is 6.33. The number of rotatable bonds is 8. The molecule has 1 rings (SSSR count). The van der Waals surface area contributed by atoms with E-state index in [0.29, 0.717) is 24.3 Å². The number of methoxy groups -OCH3 is 1. The molecule has 0 spiro atoms. The number of carbonyl (C=O) groups excluding carboxylic acids is 1. The van der Waals surface area contributed by atoms with E-state index in [1.165, 1.54) is 0 Å². The first-order chi connectivity index (χ1) is 8.27. The predicted molar refractivity (Wildman–Crippen MR) is 67.7 cm³/mol. The lowest BCUT2D eigenvalue weighted by Crippen LogP contribution is -2.05. The number of unbranched alkanes of at least 4 members (excludes halogenated alkanes) is 1. The van der Waals surface area contributed by atoms with Gasteiger partial charge >= 0.3 is 0 Å². The summed E-state index contributed by atoms with van der Waals surface area (Å²) in [6, 6.07) is 7.21. The zero-order chi connectivity index (χ0) is 12.5. The van der Waals surface area contributed by atoms with Gasteiger partial charge < -0.3 is 9.47 Å². The monoisotopic (exact) mass is 236 g/mol. The largest absolute Gasteiger partial charge is 0.497 e. The van der Waals surface area contributed by atoms with Crippen LogP contribution in [0.25, 0.3) is 0 Å². The first-order valence-electron chi connectivity index (χ1n) is 6.03. The molecule has 0 unspecified atom stereocenters. The van der Waals surface area contributed by atoms with Crippen molar-refractivity contribution in [3.05, 3.63) is 29.8 Å². The van der Waals surface area contributed by atoms with Gasteiger partial charge in [-0.1, -0.05) is 25.5 Å². The lowest BCUT2D eigenvalue weighted by atomic mass is 10.1. The molecule has 94 valence electrons. The third-order valence-corrected chi connectivity index (χ3v) is 2.51. The van der Waals surface area contributed by atoms with Crippen LogP contribution in [0.4, 0.5) is 0 Å². The molecule has 3 nitrogen and oxygen atoms in total. The highest BCUT2D eigenvalue weighted by Crippen LogP contribution is 2.14. The van der Waals surface area contributed by atoms with Crippen LogP contribution in [-0.4, -0.2) is 26.1 Å². The normalized spacial score (nSPS) is 10.2. The van der Waals surface area contributed by atoms with Gasteiger partial charge in [-0.05, 0) is 18.6 Å². The number of benzene rings is 1. The average molecular weight is 236 g/mol. The van der Waals surface area contributed by atoms with E-state index in [2.05, 4.69) is 6.92 Å². The van der Waals surface area contributed by atoms with Crippen LogP contribution in [0.5, 0.6) is 5.75 Å². The van der Waals surface area contributed by atoms with Crippen LogP contribution >= 0.6 is 0 Å². The summed E-state index contributed by atoms with van der Waals surface area (Å²) in [4.78, 5) is 11.8. The van der Waals surface area contributed by atoms with Gasteiger partial charge in [0.2, 0.25) is 0 Å². The Hall–Kier alpha value is -1.35. The van der Waals surface area contributed by atoms with Gasteiger partial charge in [-0.25, -0.2) is 0 Å². The molecule has 1 aromatic carbocycles. The molecule has 1 aromatic rings. The number of Topliss-reactive ketones (excluding diaryl/α,β-unsaturated/α-hetero) is 1. The molecule has 0 aromatic heterocycles. The molecule has 0 aliphatic rings. The van der Waals surface area contributed by atoms with Crippen LogP contribution < -0.4 is 4.74 Å². The van der Waals surface area contributed by atoms with Gasteiger partial charge in [0.25, 0.3) is 0 Å². The quantitative estimate of drug-likeness (QED) is 0.514. The van der Waals surface area contributed by atoms with Gasteiger partial charge in [-0.3, -0.25) is 4.79 Å². The number of ether oxygens (including phenoxy) is 2. The SMILES string of the molecule is CCCCOCCC(=O)c1cccc(OC)c1. The Labute approximate surface area is 103 Å². The topological polar surface area (TPSA) is 35.5 Å². The smallest absolute Gasteiger partial charge is 0.165 e. The maximum Gasteiger partial charge on any atom is 0.165 e. The molecule has 0 aliphatic heterocycles. The van der Waals surface area contributed by atoms with Crippen LogP contribution in [0.3, 0.4) is 0 Å². The number of carbonyl (C=O) groups is 1. The van der Waals surface area contributed by atoms with Crippen molar-refractivity contribution in [3.8, 4) is 5.75 Å². The van der Waals surface area contributed by atoms with Gasteiger partial charge in [0, 0.05) is 18.6 Å². The van der Waals surface area contributed by atoms with E-state index in [1.807, 2.05) is 12.1 Å². The summed E-state index contributed by atoms with van der Waals surface area (Å²) >= 11 is 0.